The Morgan fingerprint density at radius 3 is 2.41 bits per heavy atom. The van der Waals surface area contributed by atoms with Gasteiger partial charge in [0.2, 0.25) is 0 Å². The summed E-state index contributed by atoms with van der Waals surface area (Å²) in [6, 6.07) is 32.6. The number of anilines is 1. The first kappa shape index (κ1) is 22.2. The molecule has 5 rings (SSSR count). The average Bonchev–Trinajstić information content (AvgIpc) is 3.17. The SMILES string of the molecule is CN(CCc1ccccc1)CC1c2ccccc2N(Cc2cccc3ccccc23)C1C(=O)O. The average molecular weight is 451 g/mol. The number of nitrogens with zero attached hydrogens (tertiary/aromatic N) is 2. The van der Waals surface area contributed by atoms with Gasteiger partial charge in [-0.15, -0.1) is 0 Å². The van der Waals surface area contributed by atoms with Gasteiger partial charge in [0.15, 0.2) is 0 Å². The molecule has 4 aromatic rings. The second-order valence-electron chi connectivity index (χ2n) is 9.21. The van der Waals surface area contributed by atoms with Crippen molar-refractivity contribution in [3.05, 3.63) is 114 Å². The molecule has 0 bridgehead atoms. The van der Waals surface area contributed by atoms with Gasteiger partial charge in [0, 0.05) is 31.2 Å². The number of rotatable bonds is 8. The Balaban J connectivity index is 1.42. The largest absolute Gasteiger partial charge is 0.480 e. The number of para-hydroxylation sites is 1. The molecule has 0 aromatic heterocycles. The van der Waals surface area contributed by atoms with Crippen molar-refractivity contribution in [2.75, 3.05) is 25.0 Å². The second kappa shape index (κ2) is 9.70. The third-order valence-electron chi connectivity index (χ3n) is 6.97. The van der Waals surface area contributed by atoms with Crippen LogP contribution in [0, 0.1) is 0 Å². The lowest BCUT2D eigenvalue weighted by atomic mass is 9.94. The highest BCUT2D eigenvalue weighted by atomic mass is 16.4. The predicted molar refractivity (Wildman–Crippen MR) is 138 cm³/mol. The molecule has 0 aliphatic carbocycles. The van der Waals surface area contributed by atoms with E-state index in [0.29, 0.717) is 13.1 Å². The molecular formula is C30H30N2O2. The summed E-state index contributed by atoms with van der Waals surface area (Å²) in [6.45, 7) is 2.16. The van der Waals surface area contributed by atoms with Crippen LogP contribution in [0.4, 0.5) is 5.69 Å². The Labute approximate surface area is 201 Å². The van der Waals surface area contributed by atoms with Crippen LogP contribution in [-0.4, -0.2) is 42.2 Å². The molecule has 4 aromatic carbocycles. The number of hydrogen-bond acceptors (Lipinski definition) is 3. The molecule has 0 saturated carbocycles. The molecule has 1 aliphatic heterocycles. The highest BCUT2D eigenvalue weighted by Crippen LogP contribution is 2.42. The normalized spacial score (nSPS) is 17.3. The van der Waals surface area contributed by atoms with Crippen molar-refractivity contribution in [1.82, 2.24) is 4.90 Å². The number of carboxylic acid groups (broad SMARTS) is 1. The lowest BCUT2D eigenvalue weighted by molar-refractivity contribution is -0.139. The van der Waals surface area contributed by atoms with Crippen molar-refractivity contribution < 1.29 is 9.90 Å². The first-order valence-electron chi connectivity index (χ1n) is 11.9. The highest BCUT2D eigenvalue weighted by molar-refractivity contribution is 5.88. The van der Waals surface area contributed by atoms with Gasteiger partial charge in [-0.3, -0.25) is 0 Å². The van der Waals surface area contributed by atoms with Crippen molar-refractivity contribution in [1.29, 1.82) is 0 Å². The van der Waals surface area contributed by atoms with E-state index in [2.05, 4.69) is 83.6 Å². The predicted octanol–water partition coefficient (Wildman–Crippen LogP) is 5.57. The lowest BCUT2D eigenvalue weighted by Crippen LogP contribution is -2.43. The molecule has 0 radical (unpaired) electrons. The molecule has 4 heteroatoms. The molecule has 0 amide bonds. The van der Waals surface area contributed by atoms with Gasteiger partial charge in [-0.05, 0) is 47.0 Å². The molecule has 1 aliphatic rings. The van der Waals surface area contributed by atoms with Crippen molar-refractivity contribution >= 4 is 22.4 Å². The van der Waals surface area contributed by atoms with Crippen LogP contribution in [-0.2, 0) is 17.8 Å². The van der Waals surface area contributed by atoms with E-state index in [1.165, 1.54) is 16.3 Å². The van der Waals surface area contributed by atoms with Crippen LogP contribution < -0.4 is 4.90 Å². The zero-order chi connectivity index (χ0) is 23.5. The van der Waals surface area contributed by atoms with E-state index < -0.39 is 12.0 Å². The summed E-state index contributed by atoms with van der Waals surface area (Å²) < 4.78 is 0. The van der Waals surface area contributed by atoms with Crippen molar-refractivity contribution in [3.8, 4) is 0 Å². The number of likely N-dealkylation sites (N-methyl/N-ethyl adjacent to an activating group) is 1. The van der Waals surface area contributed by atoms with E-state index in [-0.39, 0.29) is 5.92 Å². The fourth-order valence-electron chi connectivity index (χ4n) is 5.29. The minimum atomic E-state index is -0.766. The van der Waals surface area contributed by atoms with Crippen molar-refractivity contribution in [3.63, 3.8) is 0 Å². The molecular weight excluding hydrogens is 420 g/mol. The Morgan fingerprint density at radius 2 is 1.59 bits per heavy atom. The molecule has 4 nitrogen and oxygen atoms in total. The molecule has 0 spiro atoms. The van der Waals surface area contributed by atoms with Crippen LogP contribution >= 0.6 is 0 Å². The number of benzene rings is 4. The fraction of sp³-hybridized carbons (Fsp3) is 0.233. The minimum Gasteiger partial charge on any atom is -0.480 e. The summed E-state index contributed by atoms with van der Waals surface area (Å²) in [6.07, 6.45) is 0.948. The maximum atomic E-state index is 12.6. The topological polar surface area (TPSA) is 43.8 Å². The Bertz CT molecular complexity index is 1280. The molecule has 0 saturated heterocycles. The van der Waals surface area contributed by atoms with E-state index in [1.54, 1.807) is 0 Å². The van der Waals surface area contributed by atoms with Gasteiger partial charge in [-0.1, -0.05) is 91.0 Å². The summed E-state index contributed by atoms with van der Waals surface area (Å²) in [4.78, 5) is 17.0. The number of carbonyl (C=O) groups is 1. The number of hydrogen-bond donors (Lipinski definition) is 1. The van der Waals surface area contributed by atoms with Gasteiger partial charge < -0.3 is 14.9 Å². The Kier molecular flexibility index (Phi) is 6.33. The zero-order valence-corrected chi connectivity index (χ0v) is 19.5. The molecule has 1 N–H and O–H groups in total. The van der Waals surface area contributed by atoms with Crippen LogP contribution in [0.1, 0.15) is 22.6 Å². The van der Waals surface area contributed by atoms with Crippen LogP contribution in [0.5, 0.6) is 0 Å². The van der Waals surface area contributed by atoms with Gasteiger partial charge in [-0.2, -0.15) is 0 Å². The summed E-state index contributed by atoms with van der Waals surface area (Å²) in [5.74, 6) is -0.859. The summed E-state index contributed by atoms with van der Waals surface area (Å²) in [5.41, 5.74) is 4.61. The third kappa shape index (κ3) is 4.42. The van der Waals surface area contributed by atoms with Crippen LogP contribution in [0.3, 0.4) is 0 Å². The van der Waals surface area contributed by atoms with Gasteiger partial charge in [0.05, 0.1) is 0 Å². The van der Waals surface area contributed by atoms with E-state index in [9.17, 15) is 9.90 Å². The number of fused-ring (bicyclic) bond motifs is 2. The van der Waals surface area contributed by atoms with Crippen LogP contribution in [0.25, 0.3) is 10.8 Å². The maximum Gasteiger partial charge on any atom is 0.327 e. The maximum absolute atomic E-state index is 12.6. The number of aliphatic carboxylic acids is 1. The monoisotopic (exact) mass is 450 g/mol. The molecule has 2 unspecified atom stereocenters. The van der Waals surface area contributed by atoms with Crippen LogP contribution in [0.15, 0.2) is 97.1 Å². The smallest absolute Gasteiger partial charge is 0.327 e. The zero-order valence-electron chi connectivity index (χ0n) is 19.5. The number of carboxylic acids is 1. The molecule has 0 fully saturated rings. The van der Waals surface area contributed by atoms with Crippen molar-refractivity contribution in [2.24, 2.45) is 0 Å². The van der Waals surface area contributed by atoms with E-state index >= 15 is 0 Å². The van der Waals surface area contributed by atoms with Gasteiger partial charge in [0.1, 0.15) is 6.04 Å². The Morgan fingerprint density at radius 1 is 0.882 bits per heavy atom. The highest BCUT2D eigenvalue weighted by Gasteiger charge is 2.43. The van der Waals surface area contributed by atoms with Crippen LogP contribution in [0.2, 0.25) is 0 Å². The molecule has 1 heterocycles. The van der Waals surface area contributed by atoms with Gasteiger partial charge >= 0.3 is 5.97 Å². The first-order chi connectivity index (χ1) is 16.6. The third-order valence-corrected chi connectivity index (χ3v) is 6.97. The van der Waals surface area contributed by atoms with E-state index in [0.717, 1.165) is 29.8 Å². The summed E-state index contributed by atoms with van der Waals surface area (Å²) >= 11 is 0. The first-order valence-corrected chi connectivity index (χ1v) is 11.9. The minimum absolute atomic E-state index is 0.0931. The standard InChI is InChI=1S/C30H30N2O2/c1-31(19-18-22-10-3-2-4-11-22)21-27-26-16-7-8-17-28(26)32(29(27)30(33)34)20-24-14-9-13-23-12-5-6-15-25(23)24/h2-17,27,29H,18-21H2,1H3,(H,33,34). The summed E-state index contributed by atoms with van der Waals surface area (Å²) in [5, 5.41) is 12.7. The molecule has 172 valence electrons. The summed E-state index contributed by atoms with van der Waals surface area (Å²) in [7, 11) is 2.10. The quantitative estimate of drug-likeness (QED) is 0.381. The van der Waals surface area contributed by atoms with E-state index in [1.807, 2.05) is 30.3 Å². The second-order valence-corrected chi connectivity index (χ2v) is 9.21. The van der Waals surface area contributed by atoms with Crippen molar-refractivity contribution in [2.45, 2.75) is 24.9 Å². The molecule has 34 heavy (non-hydrogen) atoms. The van der Waals surface area contributed by atoms with Gasteiger partial charge in [-0.25, -0.2) is 4.79 Å². The van der Waals surface area contributed by atoms with Gasteiger partial charge in [0.25, 0.3) is 0 Å². The molecule has 2 atom stereocenters. The Hall–Kier alpha value is -3.63. The van der Waals surface area contributed by atoms with E-state index in [4.69, 9.17) is 0 Å². The lowest BCUT2D eigenvalue weighted by Gasteiger charge is -2.29. The fourth-order valence-corrected chi connectivity index (χ4v) is 5.29.